The smallest absolute Gasteiger partial charge is 0.303 e. The van der Waals surface area contributed by atoms with Gasteiger partial charge in [-0.2, -0.15) is 0 Å². The number of carbonyl (C=O) groups is 17. The number of aromatic hydroxyl groups is 1. The molecule has 2 heterocycles. The van der Waals surface area contributed by atoms with E-state index in [4.69, 9.17) is 5.73 Å². The van der Waals surface area contributed by atoms with Crippen molar-refractivity contribution in [1.82, 2.24) is 74.1 Å². The van der Waals surface area contributed by atoms with Crippen molar-refractivity contribution in [2.24, 2.45) is 29.4 Å². The van der Waals surface area contributed by atoms with E-state index in [-0.39, 0.29) is 95.8 Å². The molecule has 1 aliphatic rings. The summed E-state index contributed by atoms with van der Waals surface area (Å²) in [6, 6.07) is 6.01. The number of hydrogen-bond acceptors (Lipinski definition) is 20. The lowest BCUT2D eigenvalue weighted by Crippen LogP contribution is -2.65. The normalized spacial score (nSPS) is 21.2. The van der Waals surface area contributed by atoms with E-state index < -0.39 is 208 Å². The number of carboxylic acids is 1. The highest BCUT2D eigenvalue weighted by molar-refractivity contribution is 6.41. The number of hydrogen-bond donors (Lipinski definition) is 18. The molecule has 19 N–H and O–H groups in total. The van der Waals surface area contributed by atoms with Crippen molar-refractivity contribution < 1.29 is 96.8 Å². The van der Waals surface area contributed by atoms with E-state index in [9.17, 15) is 68.1 Å². The molecule has 5 rings (SSSR count). The summed E-state index contributed by atoms with van der Waals surface area (Å²) < 4.78 is 0. The van der Waals surface area contributed by atoms with Gasteiger partial charge in [-0.15, -0.1) is 0 Å². The fourth-order valence-corrected chi connectivity index (χ4v) is 14.6. The molecule has 13 amide bonds. The molecule has 0 bridgehead atoms. The topological polar surface area (TPSA) is 549 Å². The zero-order valence-electron chi connectivity index (χ0n) is 74.5. The van der Waals surface area contributed by atoms with Gasteiger partial charge in [0.15, 0.2) is 5.78 Å². The molecule has 0 aliphatic carbocycles. The van der Waals surface area contributed by atoms with Gasteiger partial charge in [0, 0.05) is 74.5 Å². The number of ketones is 3. The predicted octanol–water partition coefficient (Wildman–Crippen LogP) is 4.08. The number of nitrogens with two attached hydrogens (primary N) is 1. The Kier molecular flexibility index (Phi) is 43.9. The van der Waals surface area contributed by atoms with Gasteiger partial charge in [0.25, 0.3) is 0 Å². The summed E-state index contributed by atoms with van der Waals surface area (Å²) in [4.78, 5) is 241. The SMILES string of the molecule is C.CC(=O)N[C@@H](CC(C)C)C(=O)N[C@H](C(=O)N[C@@H](Cc1ccccc1)C(=O)N[C@]1(C)CCCCCCCCCCC[C@@](C)(C(=O)NC(C)C(=O)N[C@@H](C)C(=O)NC(C)C(=O)N[C@@H](C)C(=O)C(=O)[C@H](C)NC[C@H](C)C(N)=O)NC(=O)[C@H](CC(C)C)CCC(=O)[C@H](Cc2c[nH]c3ccccc23)NC(=O)C(Cc2ccc(O)cc2)NC(=O)[C@H](CCC(=O)O)NC1=O)[C@@H](C)O. The summed E-state index contributed by atoms with van der Waals surface area (Å²) in [6.45, 7) is 21.0. The van der Waals surface area contributed by atoms with Crippen molar-refractivity contribution in [2.75, 3.05) is 6.54 Å². The number of aliphatic hydroxyl groups is 1. The molecule has 0 saturated carbocycles. The number of fused-ring (bicyclic) bond motifs is 1. The number of benzene rings is 3. The first-order chi connectivity index (χ1) is 58.8. The highest BCUT2D eigenvalue weighted by atomic mass is 16.4. The van der Waals surface area contributed by atoms with Crippen molar-refractivity contribution >= 4 is 111 Å². The minimum atomic E-state index is -1.98. The van der Waals surface area contributed by atoms with Crippen molar-refractivity contribution in [3.8, 4) is 5.75 Å². The Morgan fingerprint density at radius 1 is 0.540 bits per heavy atom. The Morgan fingerprint density at radius 3 is 1.64 bits per heavy atom. The third kappa shape index (κ3) is 35.1. The summed E-state index contributed by atoms with van der Waals surface area (Å²) in [6.07, 6.45) is 3.21. The largest absolute Gasteiger partial charge is 0.508 e. The van der Waals surface area contributed by atoms with Crippen LogP contribution in [0.3, 0.4) is 0 Å². The molecule has 3 aromatic carbocycles. The molecular formula is C91H137N15O20. The Hall–Kier alpha value is -11.5. The number of rotatable bonds is 36. The Balaban J connectivity index is 0.0000333. The van der Waals surface area contributed by atoms with Crippen molar-refractivity contribution in [3.63, 3.8) is 0 Å². The van der Waals surface area contributed by atoms with Crippen LogP contribution in [0.15, 0.2) is 85.1 Å². The first kappa shape index (κ1) is 107. The van der Waals surface area contributed by atoms with Crippen LogP contribution in [-0.2, 0) is 101 Å². The summed E-state index contributed by atoms with van der Waals surface area (Å²) in [5, 5.41) is 67.1. The maximum absolute atomic E-state index is 15.4. The molecule has 0 spiro atoms. The van der Waals surface area contributed by atoms with Gasteiger partial charge in [0.1, 0.15) is 65.2 Å². The van der Waals surface area contributed by atoms with Gasteiger partial charge in [-0.05, 0) is 141 Å². The van der Waals surface area contributed by atoms with Crippen LogP contribution in [0.4, 0.5) is 0 Å². The molecule has 1 aromatic heterocycles. The Bertz CT molecular complexity index is 4380. The number of carboxylic acid groups (broad SMARTS) is 1. The van der Waals surface area contributed by atoms with Crippen LogP contribution >= 0.6 is 0 Å². The number of para-hydroxylation sites is 1. The van der Waals surface area contributed by atoms with Gasteiger partial charge >= 0.3 is 5.97 Å². The minimum Gasteiger partial charge on any atom is -0.508 e. The fourth-order valence-electron chi connectivity index (χ4n) is 14.6. The second-order valence-electron chi connectivity index (χ2n) is 34.6. The van der Waals surface area contributed by atoms with E-state index in [0.717, 1.165) is 12.8 Å². The quantitative estimate of drug-likeness (QED) is 0.0285. The van der Waals surface area contributed by atoms with Crippen LogP contribution in [0.5, 0.6) is 5.75 Å². The van der Waals surface area contributed by atoms with Gasteiger partial charge in [0.2, 0.25) is 88.4 Å². The first-order valence-corrected chi connectivity index (χ1v) is 43.4. The van der Waals surface area contributed by atoms with Crippen molar-refractivity contribution in [1.29, 1.82) is 0 Å². The molecule has 0 radical (unpaired) electrons. The molecule has 35 heteroatoms. The molecule has 1 aliphatic heterocycles. The zero-order chi connectivity index (χ0) is 93.2. The second kappa shape index (κ2) is 51.8. The number of primary amides is 1. The van der Waals surface area contributed by atoms with Crippen molar-refractivity contribution in [3.05, 3.63) is 102 Å². The summed E-state index contributed by atoms with van der Waals surface area (Å²) >= 11 is 0. The van der Waals surface area contributed by atoms with Gasteiger partial charge in [0.05, 0.1) is 24.2 Å². The fraction of sp³-hybridized carbons (Fsp3) is 0.593. The lowest BCUT2D eigenvalue weighted by molar-refractivity contribution is -0.140. The number of carbonyl (C=O) groups excluding carboxylic acids is 16. The molecule has 126 heavy (non-hydrogen) atoms. The van der Waals surface area contributed by atoms with E-state index in [0.29, 0.717) is 66.1 Å². The van der Waals surface area contributed by atoms with E-state index in [1.54, 1.807) is 48.7 Å². The number of aliphatic carboxylic acids is 1. The molecule has 1 fully saturated rings. The van der Waals surface area contributed by atoms with Gasteiger partial charge in [-0.1, -0.05) is 160 Å². The summed E-state index contributed by atoms with van der Waals surface area (Å²) in [5.41, 5.74) is 3.82. The first-order valence-electron chi connectivity index (χ1n) is 43.4. The number of amides is 13. The number of aromatic nitrogens is 1. The molecule has 3 unspecified atom stereocenters. The van der Waals surface area contributed by atoms with Crippen molar-refractivity contribution in [2.45, 2.75) is 316 Å². The summed E-state index contributed by atoms with van der Waals surface area (Å²) in [5.74, 6) is -16.4. The number of Topliss-reactive ketones (excluding diaryl/α,β-unsaturated/α-hetero) is 3. The molecular weight excluding hydrogens is 1620 g/mol. The predicted molar refractivity (Wildman–Crippen MR) is 473 cm³/mol. The van der Waals surface area contributed by atoms with Crippen LogP contribution in [0.1, 0.15) is 230 Å². The number of aromatic amines is 1. The lowest BCUT2D eigenvalue weighted by atomic mass is 9.87. The lowest BCUT2D eigenvalue weighted by Gasteiger charge is -2.34. The highest BCUT2D eigenvalue weighted by Crippen LogP contribution is 2.27. The molecule has 35 nitrogen and oxygen atoms in total. The number of nitrogens with one attached hydrogen (secondary N) is 14. The van der Waals surface area contributed by atoms with Crippen LogP contribution in [0.2, 0.25) is 0 Å². The van der Waals surface area contributed by atoms with Crippen LogP contribution in [0, 0.1) is 23.7 Å². The minimum absolute atomic E-state index is 0. The number of phenolic OH excluding ortho intramolecular Hbond substituents is 1. The number of aliphatic hydroxyl groups excluding tert-OH is 1. The van der Waals surface area contributed by atoms with E-state index in [1.807, 2.05) is 39.8 Å². The Morgan fingerprint density at radius 2 is 1.08 bits per heavy atom. The molecule has 16 atom stereocenters. The van der Waals surface area contributed by atoms with E-state index in [2.05, 4.69) is 74.1 Å². The number of H-pyrrole nitrogens is 1. The maximum Gasteiger partial charge on any atom is 0.303 e. The maximum atomic E-state index is 15.4. The van der Waals surface area contributed by atoms with E-state index >= 15 is 28.8 Å². The zero-order valence-corrected chi connectivity index (χ0v) is 74.5. The average Bonchev–Trinajstić information content (AvgIpc) is 1.79. The van der Waals surface area contributed by atoms with E-state index in [1.165, 1.54) is 93.5 Å². The second-order valence-corrected chi connectivity index (χ2v) is 34.6. The molecule has 1 saturated heterocycles. The number of phenols is 1. The van der Waals surface area contributed by atoms with Crippen LogP contribution in [-0.4, -0.2) is 211 Å². The van der Waals surface area contributed by atoms with Gasteiger partial charge in [-0.25, -0.2) is 0 Å². The standard InChI is InChI=1S/C90H133N15O20.CH4/c1-50(2)43-62-35-39-72(109)68(47-63-49-93-66-32-26-25-31-65(63)66)99-83(120)70(46-61-33-36-64(108)37-34-61)100-82(119)67(38-40-73(110)111)102-88(125)90(14,105-85(122)71(45-60-29-23-22-24-30-60)101-86(123)74(58(11)106)103-84(121)69(44-51(3)4)98-59(12)107)42-28-21-19-17-15-16-18-20-27-41-89(13,104-81(62)118)87(124)97-57(10)80(117)96-56(9)79(116)95-55(8)78(115)94-54(7)76(113)75(112)53(6)92-48-52(5)77(91)114;/h22-26,29-34,36-37,49-58,62,67-71,74,92-93,106,108H,15-21,27-28,35,38-48H2,1-14H3,(H2,91,114)(H,94,115)(H,95,116)(H,96,117)(H,97,124)(H,98,107)(H,99,120)(H,100,119)(H,101,123)(H,102,125)(H,103,121)(H,104,118)(H,105,122)(H,110,111);1H4/t52-,53-,54-,55?,56-,57?,58+,62-,67-,68-,69-,70?,71-,74-,89-,90+;/m0./s1. The van der Waals surface area contributed by atoms with Gasteiger partial charge < -0.3 is 95.2 Å². The molecule has 696 valence electrons. The third-order valence-electron chi connectivity index (χ3n) is 22.3. The Labute approximate surface area is 738 Å². The summed E-state index contributed by atoms with van der Waals surface area (Å²) in [7, 11) is 0. The molecule has 4 aromatic rings. The van der Waals surface area contributed by atoms with Crippen LogP contribution < -0.4 is 74.9 Å². The monoisotopic (exact) mass is 1760 g/mol. The average molecular weight is 1760 g/mol. The van der Waals surface area contributed by atoms with Crippen LogP contribution in [0.25, 0.3) is 10.9 Å². The highest BCUT2D eigenvalue weighted by Gasteiger charge is 2.43. The third-order valence-corrected chi connectivity index (χ3v) is 22.3. The van der Waals surface area contributed by atoms with Gasteiger partial charge in [-0.3, -0.25) is 81.5 Å².